The molecule has 0 aliphatic rings. The molecule has 0 saturated carbocycles. The summed E-state index contributed by atoms with van der Waals surface area (Å²) in [7, 11) is 1.50. The number of hydrogen-bond donors (Lipinski definition) is 3. The third-order valence-corrected chi connectivity index (χ3v) is 9.72. The Morgan fingerprint density at radius 2 is 1.07 bits per heavy atom. The number of unbranched alkanes of at least 4 members (excludes halogenated alkanes) is 7. The van der Waals surface area contributed by atoms with E-state index in [1.807, 2.05) is 40.2 Å². The summed E-state index contributed by atoms with van der Waals surface area (Å²) < 4.78 is 23.4. The first-order valence-corrected chi connectivity index (χ1v) is 23.4. The monoisotopic (exact) mass is 826 g/mol. The van der Waals surface area contributed by atoms with Gasteiger partial charge in [-0.1, -0.05) is 148 Å². The summed E-state index contributed by atoms with van der Waals surface area (Å²) in [4.78, 5) is 23.0. The van der Waals surface area contributed by atoms with Crippen molar-refractivity contribution in [2.45, 2.75) is 142 Å². The quantitative estimate of drug-likeness (QED) is 0.0249. The fourth-order valence-electron chi connectivity index (χ4n) is 5.29. The van der Waals surface area contributed by atoms with Gasteiger partial charge in [-0.15, -0.1) is 0 Å². The average Bonchev–Trinajstić information content (AvgIpc) is 3.17. The van der Waals surface area contributed by atoms with E-state index in [1.165, 1.54) is 0 Å². The highest BCUT2D eigenvalue weighted by atomic mass is 31.2. The van der Waals surface area contributed by atoms with Crippen LogP contribution in [0.5, 0.6) is 0 Å². The molecule has 0 fully saturated rings. The topological polar surface area (TPSA) is 105 Å². The molecule has 0 aliphatic heterocycles. The van der Waals surface area contributed by atoms with Crippen molar-refractivity contribution in [2.75, 3.05) is 40.9 Å². The highest BCUT2D eigenvalue weighted by molar-refractivity contribution is 7.47. The zero-order valence-electron chi connectivity index (χ0n) is 37.0. The van der Waals surface area contributed by atoms with Gasteiger partial charge in [-0.2, -0.15) is 0 Å². The number of nitrogens with zero attached hydrogens (tertiary/aromatic N) is 1. The minimum absolute atomic E-state index is 0.0413. The molecule has 3 unspecified atom stereocenters. The van der Waals surface area contributed by atoms with Crippen LogP contribution in [0.3, 0.4) is 0 Å². The van der Waals surface area contributed by atoms with Crippen molar-refractivity contribution in [3.05, 3.63) is 122 Å². The molecular formula is C49H82N2O6P+. The molecule has 0 rings (SSSR count). The van der Waals surface area contributed by atoms with Gasteiger partial charge in [-0.3, -0.25) is 13.8 Å². The summed E-state index contributed by atoms with van der Waals surface area (Å²) in [6, 6.07) is -0.887. The molecule has 3 N–H and O–H groups in total. The largest absolute Gasteiger partial charge is 0.472 e. The van der Waals surface area contributed by atoms with Crippen molar-refractivity contribution >= 4 is 13.7 Å². The van der Waals surface area contributed by atoms with Crippen LogP contribution in [0, 0.1) is 0 Å². The van der Waals surface area contributed by atoms with E-state index in [1.54, 1.807) is 6.08 Å². The minimum atomic E-state index is -4.36. The van der Waals surface area contributed by atoms with Gasteiger partial charge in [0.15, 0.2) is 0 Å². The van der Waals surface area contributed by atoms with Crippen molar-refractivity contribution in [3.63, 3.8) is 0 Å². The second kappa shape index (κ2) is 39.4. The number of quaternary nitrogens is 1. The van der Waals surface area contributed by atoms with Crippen LogP contribution < -0.4 is 5.32 Å². The Bertz CT molecular complexity index is 1350. The Hall–Kier alpha value is -3.10. The van der Waals surface area contributed by atoms with E-state index in [0.29, 0.717) is 17.4 Å². The molecule has 0 saturated heterocycles. The van der Waals surface area contributed by atoms with Gasteiger partial charge in [0.05, 0.1) is 39.9 Å². The van der Waals surface area contributed by atoms with Crippen molar-refractivity contribution < 1.29 is 32.9 Å². The van der Waals surface area contributed by atoms with Crippen molar-refractivity contribution in [3.8, 4) is 0 Å². The van der Waals surface area contributed by atoms with Crippen LogP contribution in [0.15, 0.2) is 122 Å². The number of aliphatic hydroxyl groups excluding tert-OH is 1. The third kappa shape index (κ3) is 41.1. The lowest BCUT2D eigenvalue weighted by atomic mass is 10.1. The zero-order valence-corrected chi connectivity index (χ0v) is 37.9. The Labute approximate surface area is 354 Å². The van der Waals surface area contributed by atoms with E-state index in [-0.39, 0.29) is 19.1 Å². The van der Waals surface area contributed by atoms with Gasteiger partial charge < -0.3 is 19.8 Å². The van der Waals surface area contributed by atoms with E-state index < -0.39 is 20.0 Å². The van der Waals surface area contributed by atoms with Crippen LogP contribution in [0.25, 0.3) is 0 Å². The smallest absolute Gasteiger partial charge is 0.387 e. The van der Waals surface area contributed by atoms with Gasteiger partial charge in [0.1, 0.15) is 13.2 Å². The predicted molar refractivity (Wildman–Crippen MR) is 248 cm³/mol. The molecule has 0 bridgehead atoms. The Morgan fingerprint density at radius 1 is 0.621 bits per heavy atom. The number of aliphatic hydroxyl groups is 1. The highest BCUT2D eigenvalue weighted by Gasteiger charge is 2.27. The van der Waals surface area contributed by atoms with Crippen LogP contribution in [0.1, 0.15) is 129 Å². The molecule has 328 valence electrons. The van der Waals surface area contributed by atoms with E-state index in [4.69, 9.17) is 9.05 Å². The van der Waals surface area contributed by atoms with Crippen molar-refractivity contribution in [2.24, 2.45) is 0 Å². The van der Waals surface area contributed by atoms with Gasteiger partial charge in [0.25, 0.3) is 0 Å². The molecule has 3 atom stereocenters. The zero-order chi connectivity index (χ0) is 42.8. The molecule has 9 heteroatoms. The number of hydrogen-bond acceptors (Lipinski definition) is 5. The maximum absolute atomic E-state index is 12.8. The van der Waals surface area contributed by atoms with Crippen LogP contribution in [-0.4, -0.2) is 73.4 Å². The predicted octanol–water partition coefficient (Wildman–Crippen LogP) is 12.3. The summed E-state index contributed by atoms with van der Waals surface area (Å²) in [5.74, 6) is -0.221. The average molecular weight is 826 g/mol. The normalized spacial score (nSPS) is 15.5. The SMILES string of the molecule is C/C=C/CC/C=C/CC/C=C/C(O)C(COP(=O)(O)OCC[N+](C)(C)C)NC(=O)CCCCCCC/C=C\C/C=C\C/C=C\C/C=C\C/C=C\C/C=C\C/C=C\CC. The molecule has 8 nitrogen and oxygen atoms in total. The highest BCUT2D eigenvalue weighted by Crippen LogP contribution is 2.43. The number of likely N-dealkylation sites (N-methyl/N-ethyl adjacent to an activating group) is 1. The molecule has 0 aromatic rings. The summed E-state index contributed by atoms with van der Waals surface area (Å²) in [5, 5.41) is 13.7. The van der Waals surface area contributed by atoms with Gasteiger partial charge in [-0.25, -0.2) is 4.57 Å². The van der Waals surface area contributed by atoms with Gasteiger partial charge in [-0.05, 0) is 96.8 Å². The summed E-state index contributed by atoms with van der Waals surface area (Å²) in [6.45, 7) is 4.37. The Kier molecular flexibility index (Phi) is 37.3. The van der Waals surface area contributed by atoms with Gasteiger partial charge in [0.2, 0.25) is 5.91 Å². The van der Waals surface area contributed by atoms with E-state index >= 15 is 0 Å². The first-order valence-electron chi connectivity index (χ1n) is 21.9. The molecule has 0 radical (unpaired) electrons. The lowest BCUT2D eigenvalue weighted by molar-refractivity contribution is -0.870. The molecule has 1 amide bonds. The van der Waals surface area contributed by atoms with Crippen molar-refractivity contribution in [1.82, 2.24) is 5.32 Å². The lowest BCUT2D eigenvalue weighted by Gasteiger charge is -2.25. The minimum Gasteiger partial charge on any atom is -0.387 e. The first-order chi connectivity index (χ1) is 28.0. The third-order valence-electron chi connectivity index (χ3n) is 8.74. The number of phosphoric acid groups is 1. The lowest BCUT2D eigenvalue weighted by Crippen LogP contribution is -2.45. The summed E-state index contributed by atoms with van der Waals surface area (Å²) in [6.07, 6.45) is 58.7. The summed E-state index contributed by atoms with van der Waals surface area (Å²) in [5.41, 5.74) is 0. The number of rotatable bonds is 37. The summed E-state index contributed by atoms with van der Waals surface area (Å²) >= 11 is 0. The molecule has 0 aromatic heterocycles. The molecule has 0 heterocycles. The fraction of sp³-hybridized carbons (Fsp3) is 0.571. The van der Waals surface area contributed by atoms with E-state index in [9.17, 15) is 19.4 Å². The molecule has 0 aromatic carbocycles. The molecular weight excluding hydrogens is 744 g/mol. The number of amides is 1. The molecule has 0 aliphatic carbocycles. The van der Waals surface area contributed by atoms with Gasteiger partial charge >= 0.3 is 7.82 Å². The molecule has 58 heavy (non-hydrogen) atoms. The number of phosphoric ester groups is 1. The Balaban J connectivity index is 4.34. The van der Waals surface area contributed by atoms with E-state index in [0.717, 1.165) is 109 Å². The number of carbonyl (C=O) groups excluding carboxylic acids is 1. The van der Waals surface area contributed by atoms with Crippen LogP contribution >= 0.6 is 7.82 Å². The fourth-order valence-corrected chi connectivity index (χ4v) is 6.03. The van der Waals surface area contributed by atoms with Gasteiger partial charge in [0, 0.05) is 6.42 Å². The number of carbonyl (C=O) groups is 1. The van der Waals surface area contributed by atoms with Crippen LogP contribution in [0.4, 0.5) is 0 Å². The Morgan fingerprint density at radius 3 is 1.59 bits per heavy atom. The van der Waals surface area contributed by atoms with Crippen LogP contribution in [0.2, 0.25) is 0 Å². The van der Waals surface area contributed by atoms with Crippen LogP contribution in [-0.2, 0) is 18.4 Å². The van der Waals surface area contributed by atoms with E-state index in [2.05, 4.69) is 116 Å². The number of nitrogens with one attached hydrogen (secondary N) is 1. The first kappa shape index (κ1) is 54.9. The standard InChI is InChI=1S/C49H81N2O6P/c1-6-8-10-12-14-16-17-18-19-20-21-22-23-24-25-26-27-28-29-30-31-32-33-35-37-39-41-43-49(53)50-47(46-57-58(54,55)56-45-44-51(3,4)5)48(52)42-40-38-36-34-15-13-11-9-7-2/h7-10,14-16,18-19,21-22,24-25,27-28,30-31,34,40,42,47-48,52H,6,11-13,17,20,23,26,29,32-33,35-39,41,43-46H2,1-5H3,(H-,50,53,54,55)/p+1/b9-7+,10-8-,16-14-,19-18-,22-21-,25-24-,28-27-,31-30-,34-15+,42-40+. The number of allylic oxidation sites excluding steroid dienone is 19. The maximum Gasteiger partial charge on any atom is 0.472 e. The second-order valence-corrected chi connectivity index (χ2v) is 16.8. The molecule has 0 spiro atoms. The maximum atomic E-state index is 12.8. The van der Waals surface area contributed by atoms with Crippen molar-refractivity contribution in [1.29, 1.82) is 0 Å². The second-order valence-electron chi connectivity index (χ2n) is 15.3.